The molecule has 0 amide bonds. The summed E-state index contributed by atoms with van der Waals surface area (Å²) in [5, 5.41) is 2.64. The Morgan fingerprint density at radius 2 is 1.47 bits per heavy atom. The third-order valence-electron chi connectivity index (χ3n) is 3.44. The first-order valence-corrected chi connectivity index (χ1v) is 5.34. The van der Waals surface area contributed by atoms with E-state index in [0.29, 0.717) is 6.54 Å². The van der Waals surface area contributed by atoms with Crippen molar-refractivity contribution in [2.45, 2.75) is 27.3 Å². The third kappa shape index (κ3) is 1.44. The van der Waals surface area contributed by atoms with Gasteiger partial charge in [0.25, 0.3) is 0 Å². The van der Waals surface area contributed by atoms with E-state index in [9.17, 15) is 0 Å². The molecule has 0 unspecified atom stereocenters. The van der Waals surface area contributed by atoms with Gasteiger partial charge in [-0.2, -0.15) is 0 Å². The molecule has 0 atom stereocenters. The SMILES string of the molecule is Cc1c(C)c(CN)c2ccccc2c1C. The van der Waals surface area contributed by atoms with Gasteiger partial charge in [0.1, 0.15) is 0 Å². The third-order valence-corrected chi connectivity index (χ3v) is 3.44. The minimum absolute atomic E-state index is 0.619. The Bertz CT molecular complexity index is 512. The predicted molar refractivity (Wildman–Crippen MR) is 66.1 cm³/mol. The van der Waals surface area contributed by atoms with Crippen LogP contribution in [0, 0.1) is 20.8 Å². The quantitative estimate of drug-likeness (QED) is 0.749. The van der Waals surface area contributed by atoms with Crippen LogP contribution in [0.3, 0.4) is 0 Å². The Labute approximate surface area is 90.9 Å². The fraction of sp³-hybridized carbons (Fsp3) is 0.286. The molecule has 2 rings (SSSR count). The number of fused-ring (bicyclic) bond motifs is 1. The van der Waals surface area contributed by atoms with Gasteiger partial charge in [0.15, 0.2) is 0 Å². The van der Waals surface area contributed by atoms with Crippen LogP contribution in [0.15, 0.2) is 24.3 Å². The zero-order valence-electron chi connectivity index (χ0n) is 9.59. The maximum atomic E-state index is 5.84. The first kappa shape index (κ1) is 10.2. The molecule has 0 heterocycles. The number of aryl methyl sites for hydroxylation is 1. The van der Waals surface area contributed by atoms with Gasteiger partial charge < -0.3 is 5.73 Å². The van der Waals surface area contributed by atoms with Crippen LogP contribution >= 0.6 is 0 Å². The Balaban J connectivity index is 2.98. The maximum Gasteiger partial charge on any atom is 0.0187 e. The average Bonchev–Trinajstić information content (AvgIpc) is 2.27. The van der Waals surface area contributed by atoms with Gasteiger partial charge in [-0.1, -0.05) is 24.3 Å². The maximum absolute atomic E-state index is 5.84. The molecular weight excluding hydrogens is 182 g/mol. The molecule has 0 aromatic heterocycles. The lowest BCUT2D eigenvalue weighted by Crippen LogP contribution is -2.03. The van der Waals surface area contributed by atoms with Crippen molar-refractivity contribution >= 4 is 10.8 Å². The van der Waals surface area contributed by atoms with E-state index in [4.69, 9.17) is 5.73 Å². The molecule has 0 saturated heterocycles. The number of benzene rings is 2. The molecular formula is C14H17N. The summed E-state index contributed by atoms with van der Waals surface area (Å²) in [6.45, 7) is 7.14. The van der Waals surface area contributed by atoms with Crippen molar-refractivity contribution < 1.29 is 0 Å². The van der Waals surface area contributed by atoms with E-state index in [0.717, 1.165) is 0 Å². The minimum atomic E-state index is 0.619. The molecule has 2 aromatic rings. The number of hydrogen-bond donors (Lipinski definition) is 1. The summed E-state index contributed by atoms with van der Waals surface area (Å²) in [4.78, 5) is 0. The van der Waals surface area contributed by atoms with Gasteiger partial charge in [-0.25, -0.2) is 0 Å². The summed E-state index contributed by atoms with van der Waals surface area (Å²) in [7, 11) is 0. The van der Waals surface area contributed by atoms with Gasteiger partial charge >= 0.3 is 0 Å². The lowest BCUT2D eigenvalue weighted by Gasteiger charge is -2.15. The van der Waals surface area contributed by atoms with Crippen molar-refractivity contribution in [2.75, 3.05) is 0 Å². The highest BCUT2D eigenvalue weighted by molar-refractivity contribution is 5.90. The van der Waals surface area contributed by atoms with Crippen molar-refractivity contribution in [1.29, 1.82) is 0 Å². The highest BCUT2D eigenvalue weighted by Crippen LogP contribution is 2.28. The standard InChI is InChI=1S/C14H17N/c1-9-10(2)12-6-4-5-7-13(12)14(8-15)11(9)3/h4-7H,8,15H2,1-3H3. The summed E-state index contributed by atoms with van der Waals surface area (Å²) < 4.78 is 0. The van der Waals surface area contributed by atoms with Crippen LogP contribution < -0.4 is 5.73 Å². The average molecular weight is 199 g/mol. The molecule has 0 aliphatic heterocycles. The van der Waals surface area contributed by atoms with Gasteiger partial charge in [0, 0.05) is 6.54 Å². The molecule has 78 valence electrons. The van der Waals surface area contributed by atoms with Crippen LogP contribution in [0.2, 0.25) is 0 Å². The van der Waals surface area contributed by atoms with Crippen molar-refractivity contribution in [2.24, 2.45) is 5.73 Å². The smallest absolute Gasteiger partial charge is 0.0187 e. The van der Waals surface area contributed by atoms with E-state index in [-0.39, 0.29) is 0 Å². The van der Waals surface area contributed by atoms with Crippen LogP contribution in [-0.4, -0.2) is 0 Å². The highest BCUT2D eigenvalue weighted by atomic mass is 14.5. The van der Waals surface area contributed by atoms with E-state index in [1.54, 1.807) is 0 Å². The molecule has 2 N–H and O–H groups in total. The van der Waals surface area contributed by atoms with Crippen molar-refractivity contribution in [3.63, 3.8) is 0 Å². The second-order valence-corrected chi connectivity index (χ2v) is 4.10. The number of nitrogens with two attached hydrogens (primary N) is 1. The van der Waals surface area contributed by atoms with Gasteiger partial charge in [-0.05, 0) is 53.8 Å². The summed E-state index contributed by atoms with van der Waals surface area (Å²) >= 11 is 0. The largest absolute Gasteiger partial charge is 0.326 e. The molecule has 15 heavy (non-hydrogen) atoms. The van der Waals surface area contributed by atoms with E-state index in [2.05, 4.69) is 45.0 Å². The van der Waals surface area contributed by atoms with Gasteiger partial charge in [0.05, 0.1) is 0 Å². The molecule has 0 saturated carbocycles. The molecule has 0 spiro atoms. The molecule has 1 heteroatoms. The summed E-state index contributed by atoms with van der Waals surface area (Å²) in [5.74, 6) is 0. The molecule has 0 bridgehead atoms. The summed E-state index contributed by atoms with van der Waals surface area (Å²) in [6, 6.07) is 8.51. The Morgan fingerprint density at radius 3 is 2.07 bits per heavy atom. The fourth-order valence-electron chi connectivity index (χ4n) is 2.25. The first-order chi connectivity index (χ1) is 7.16. The van der Waals surface area contributed by atoms with E-state index in [1.165, 1.54) is 33.0 Å². The fourth-order valence-corrected chi connectivity index (χ4v) is 2.25. The molecule has 0 fully saturated rings. The van der Waals surface area contributed by atoms with Crippen molar-refractivity contribution in [3.05, 3.63) is 46.5 Å². The van der Waals surface area contributed by atoms with Gasteiger partial charge in [-0.3, -0.25) is 0 Å². The zero-order chi connectivity index (χ0) is 11.0. The van der Waals surface area contributed by atoms with E-state index >= 15 is 0 Å². The van der Waals surface area contributed by atoms with Gasteiger partial charge in [0.2, 0.25) is 0 Å². The Hall–Kier alpha value is -1.34. The zero-order valence-corrected chi connectivity index (χ0v) is 9.59. The van der Waals surface area contributed by atoms with Gasteiger partial charge in [-0.15, -0.1) is 0 Å². The molecule has 0 aliphatic rings. The molecule has 0 aliphatic carbocycles. The van der Waals surface area contributed by atoms with Crippen LogP contribution in [0.25, 0.3) is 10.8 Å². The van der Waals surface area contributed by atoms with Crippen molar-refractivity contribution in [3.8, 4) is 0 Å². The normalized spacial score (nSPS) is 10.9. The van der Waals surface area contributed by atoms with Crippen LogP contribution in [-0.2, 0) is 6.54 Å². The minimum Gasteiger partial charge on any atom is -0.326 e. The van der Waals surface area contributed by atoms with E-state index in [1.807, 2.05) is 0 Å². The highest BCUT2D eigenvalue weighted by Gasteiger charge is 2.09. The predicted octanol–water partition coefficient (Wildman–Crippen LogP) is 3.22. The lowest BCUT2D eigenvalue weighted by molar-refractivity contribution is 1.05. The second kappa shape index (κ2) is 3.67. The van der Waals surface area contributed by atoms with Crippen LogP contribution in [0.4, 0.5) is 0 Å². The first-order valence-electron chi connectivity index (χ1n) is 5.34. The second-order valence-electron chi connectivity index (χ2n) is 4.10. The molecule has 1 nitrogen and oxygen atoms in total. The summed E-state index contributed by atoms with van der Waals surface area (Å²) in [6.07, 6.45) is 0. The van der Waals surface area contributed by atoms with Crippen molar-refractivity contribution in [1.82, 2.24) is 0 Å². The Kier molecular flexibility index (Phi) is 2.49. The summed E-state index contributed by atoms with van der Waals surface area (Å²) in [5.41, 5.74) is 11.2. The van der Waals surface area contributed by atoms with Crippen LogP contribution in [0.1, 0.15) is 22.3 Å². The molecule has 0 radical (unpaired) electrons. The Morgan fingerprint density at radius 1 is 0.867 bits per heavy atom. The lowest BCUT2D eigenvalue weighted by atomic mass is 9.91. The van der Waals surface area contributed by atoms with E-state index < -0.39 is 0 Å². The molecule has 2 aromatic carbocycles. The monoisotopic (exact) mass is 199 g/mol. The number of hydrogen-bond acceptors (Lipinski definition) is 1. The topological polar surface area (TPSA) is 26.0 Å². The van der Waals surface area contributed by atoms with Crippen LogP contribution in [0.5, 0.6) is 0 Å². The number of rotatable bonds is 1.